The first-order valence-corrected chi connectivity index (χ1v) is 7.10. The lowest BCUT2D eigenvalue weighted by Gasteiger charge is -2.27. The Morgan fingerprint density at radius 1 is 1.18 bits per heavy atom. The van der Waals surface area contributed by atoms with Crippen LogP contribution in [-0.4, -0.2) is 6.54 Å². The summed E-state index contributed by atoms with van der Waals surface area (Å²) in [4.78, 5) is 0. The molecule has 1 aromatic rings. The van der Waals surface area contributed by atoms with Crippen LogP contribution in [0.5, 0.6) is 0 Å². The van der Waals surface area contributed by atoms with Crippen molar-refractivity contribution in [3.8, 4) is 0 Å². The molecule has 0 aliphatic heterocycles. The molecule has 1 aromatic carbocycles. The monoisotopic (exact) mass is 231 g/mol. The molecule has 17 heavy (non-hydrogen) atoms. The highest BCUT2D eigenvalue weighted by atomic mass is 14.9. The Balaban J connectivity index is 1.80. The van der Waals surface area contributed by atoms with Crippen molar-refractivity contribution in [2.75, 3.05) is 11.9 Å². The molecule has 1 aliphatic rings. The summed E-state index contributed by atoms with van der Waals surface area (Å²) < 4.78 is 0. The molecule has 1 fully saturated rings. The minimum Gasteiger partial charge on any atom is -0.385 e. The van der Waals surface area contributed by atoms with Gasteiger partial charge in [-0.15, -0.1) is 0 Å². The lowest BCUT2D eigenvalue weighted by Crippen LogP contribution is -2.20. The average molecular weight is 231 g/mol. The molecule has 0 heterocycles. The number of benzene rings is 1. The Morgan fingerprint density at radius 2 is 1.94 bits per heavy atom. The third kappa shape index (κ3) is 3.76. The summed E-state index contributed by atoms with van der Waals surface area (Å²) in [5, 5.41) is 3.59. The Bertz CT molecular complexity index is 328. The van der Waals surface area contributed by atoms with Crippen LogP contribution in [-0.2, 0) is 6.42 Å². The van der Waals surface area contributed by atoms with E-state index in [-0.39, 0.29) is 0 Å². The van der Waals surface area contributed by atoms with Gasteiger partial charge in [-0.25, -0.2) is 0 Å². The molecule has 2 rings (SSSR count). The molecule has 0 amide bonds. The van der Waals surface area contributed by atoms with Gasteiger partial charge in [0.1, 0.15) is 0 Å². The van der Waals surface area contributed by atoms with Crippen LogP contribution in [0.25, 0.3) is 0 Å². The van der Waals surface area contributed by atoms with Crippen LogP contribution in [0.1, 0.15) is 45.1 Å². The third-order valence-corrected chi connectivity index (χ3v) is 4.00. The summed E-state index contributed by atoms with van der Waals surface area (Å²) in [7, 11) is 0. The van der Waals surface area contributed by atoms with Gasteiger partial charge in [-0.3, -0.25) is 0 Å². The van der Waals surface area contributed by atoms with E-state index in [4.69, 9.17) is 0 Å². The van der Waals surface area contributed by atoms with Crippen molar-refractivity contribution in [1.29, 1.82) is 0 Å². The van der Waals surface area contributed by atoms with E-state index in [2.05, 4.69) is 43.4 Å². The quantitative estimate of drug-likeness (QED) is 0.805. The number of aryl methyl sites for hydroxylation is 1. The largest absolute Gasteiger partial charge is 0.385 e. The van der Waals surface area contributed by atoms with E-state index in [1.54, 1.807) is 0 Å². The van der Waals surface area contributed by atoms with E-state index in [1.165, 1.54) is 36.9 Å². The molecule has 94 valence electrons. The standard InChI is InChI=1S/C16H25N/c1-3-14-7-9-16(10-8-14)17-12-15-6-4-5-13(2)11-15/h7-10,13,15,17H,3-6,11-12H2,1-2H3. The first-order chi connectivity index (χ1) is 8.28. The molecular weight excluding hydrogens is 206 g/mol. The Kier molecular flexibility index (Phi) is 4.47. The SMILES string of the molecule is CCc1ccc(NCC2CCCC(C)C2)cc1. The smallest absolute Gasteiger partial charge is 0.0340 e. The van der Waals surface area contributed by atoms with E-state index >= 15 is 0 Å². The average Bonchev–Trinajstić information content (AvgIpc) is 2.37. The highest BCUT2D eigenvalue weighted by Crippen LogP contribution is 2.28. The maximum atomic E-state index is 3.59. The number of hydrogen-bond donors (Lipinski definition) is 1. The van der Waals surface area contributed by atoms with Crippen molar-refractivity contribution in [3.05, 3.63) is 29.8 Å². The number of hydrogen-bond acceptors (Lipinski definition) is 1. The summed E-state index contributed by atoms with van der Waals surface area (Å²) in [6.07, 6.45) is 6.79. The molecule has 0 spiro atoms. The van der Waals surface area contributed by atoms with Crippen molar-refractivity contribution in [3.63, 3.8) is 0 Å². The molecule has 1 nitrogen and oxygen atoms in total. The van der Waals surface area contributed by atoms with Crippen LogP contribution in [0.15, 0.2) is 24.3 Å². The molecule has 0 aromatic heterocycles. The molecule has 1 saturated carbocycles. The second-order valence-corrected chi connectivity index (χ2v) is 5.57. The zero-order valence-corrected chi connectivity index (χ0v) is 11.2. The highest BCUT2D eigenvalue weighted by molar-refractivity contribution is 5.44. The molecule has 1 N–H and O–H groups in total. The van der Waals surface area contributed by atoms with Crippen LogP contribution in [0, 0.1) is 11.8 Å². The van der Waals surface area contributed by atoms with E-state index in [9.17, 15) is 0 Å². The predicted molar refractivity (Wildman–Crippen MR) is 75.4 cm³/mol. The van der Waals surface area contributed by atoms with E-state index in [0.717, 1.165) is 24.8 Å². The molecule has 2 atom stereocenters. The van der Waals surface area contributed by atoms with E-state index in [1.807, 2.05) is 0 Å². The summed E-state index contributed by atoms with van der Waals surface area (Å²) in [6.45, 7) is 5.74. The predicted octanol–water partition coefficient (Wildman–Crippen LogP) is 4.49. The molecule has 1 aliphatic carbocycles. The van der Waals surface area contributed by atoms with Crippen LogP contribution < -0.4 is 5.32 Å². The Labute approximate surface area is 106 Å². The van der Waals surface area contributed by atoms with Crippen molar-refractivity contribution in [2.24, 2.45) is 11.8 Å². The maximum Gasteiger partial charge on any atom is 0.0340 e. The zero-order chi connectivity index (χ0) is 12.1. The van der Waals surface area contributed by atoms with Crippen molar-refractivity contribution < 1.29 is 0 Å². The van der Waals surface area contributed by atoms with Crippen molar-refractivity contribution in [2.45, 2.75) is 46.0 Å². The maximum absolute atomic E-state index is 3.59. The summed E-state index contributed by atoms with van der Waals surface area (Å²) in [6, 6.07) is 8.88. The number of anilines is 1. The van der Waals surface area contributed by atoms with E-state index < -0.39 is 0 Å². The molecule has 0 bridgehead atoms. The van der Waals surface area contributed by atoms with Gasteiger partial charge < -0.3 is 5.32 Å². The fourth-order valence-electron chi connectivity index (χ4n) is 2.87. The van der Waals surface area contributed by atoms with Crippen LogP contribution in [0.3, 0.4) is 0 Å². The van der Waals surface area contributed by atoms with Gasteiger partial charge in [-0.2, -0.15) is 0 Å². The summed E-state index contributed by atoms with van der Waals surface area (Å²) in [5.74, 6) is 1.81. The van der Waals surface area contributed by atoms with Crippen LogP contribution >= 0.6 is 0 Å². The second kappa shape index (κ2) is 6.09. The lowest BCUT2D eigenvalue weighted by molar-refractivity contribution is 0.293. The van der Waals surface area contributed by atoms with Gasteiger partial charge in [0.2, 0.25) is 0 Å². The van der Waals surface area contributed by atoms with Crippen LogP contribution in [0.2, 0.25) is 0 Å². The van der Waals surface area contributed by atoms with Gasteiger partial charge in [0.25, 0.3) is 0 Å². The minimum absolute atomic E-state index is 0.879. The van der Waals surface area contributed by atoms with Crippen molar-refractivity contribution in [1.82, 2.24) is 0 Å². The fraction of sp³-hybridized carbons (Fsp3) is 0.625. The molecule has 0 radical (unpaired) electrons. The van der Waals surface area contributed by atoms with Gasteiger partial charge in [0.15, 0.2) is 0 Å². The first-order valence-electron chi connectivity index (χ1n) is 7.10. The first kappa shape index (κ1) is 12.5. The van der Waals surface area contributed by atoms with Gasteiger partial charge in [-0.05, 0) is 48.8 Å². The van der Waals surface area contributed by atoms with Gasteiger partial charge >= 0.3 is 0 Å². The zero-order valence-electron chi connectivity index (χ0n) is 11.2. The summed E-state index contributed by atoms with van der Waals surface area (Å²) >= 11 is 0. The van der Waals surface area contributed by atoms with Gasteiger partial charge in [0, 0.05) is 12.2 Å². The van der Waals surface area contributed by atoms with Gasteiger partial charge in [-0.1, -0.05) is 38.8 Å². The lowest BCUT2D eigenvalue weighted by atomic mass is 9.82. The number of rotatable bonds is 4. The molecule has 1 heteroatoms. The number of nitrogens with one attached hydrogen (secondary N) is 1. The highest BCUT2D eigenvalue weighted by Gasteiger charge is 2.18. The minimum atomic E-state index is 0.879. The van der Waals surface area contributed by atoms with Crippen molar-refractivity contribution >= 4 is 5.69 Å². The second-order valence-electron chi connectivity index (χ2n) is 5.57. The molecule has 0 saturated heterocycles. The topological polar surface area (TPSA) is 12.0 Å². The Morgan fingerprint density at radius 3 is 2.59 bits per heavy atom. The fourth-order valence-corrected chi connectivity index (χ4v) is 2.87. The normalized spacial score (nSPS) is 24.6. The Hall–Kier alpha value is -0.980. The third-order valence-electron chi connectivity index (χ3n) is 4.00. The van der Waals surface area contributed by atoms with Gasteiger partial charge in [0.05, 0.1) is 0 Å². The van der Waals surface area contributed by atoms with E-state index in [0.29, 0.717) is 0 Å². The summed E-state index contributed by atoms with van der Waals surface area (Å²) in [5.41, 5.74) is 2.70. The van der Waals surface area contributed by atoms with Crippen LogP contribution in [0.4, 0.5) is 5.69 Å². The molecule has 2 unspecified atom stereocenters. The molecular formula is C16H25N.